The fourth-order valence-electron chi connectivity index (χ4n) is 4.68. The number of ether oxygens (including phenoxy) is 1. The van der Waals surface area contributed by atoms with Gasteiger partial charge in [0.25, 0.3) is 0 Å². The zero-order valence-corrected chi connectivity index (χ0v) is 23.6. The Kier molecular flexibility index (Phi) is 8.00. The molecular formula is C31H43N3O3. The van der Waals surface area contributed by atoms with Crippen molar-refractivity contribution in [3.05, 3.63) is 65.0 Å². The molecule has 1 N–H and O–H groups in total. The Hall–Kier alpha value is -2.83. The molecule has 4 rings (SSSR count). The first-order chi connectivity index (χ1) is 17.4. The second kappa shape index (κ2) is 10.9. The van der Waals surface area contributed by atoms with Crippen LogP contribution in [0.1, 0.15) is 63.9 Å². The van der Waals surface area contributed by atoms with E-state index in [2.05, 4.69) is 82.7 Å². The molecule has 0 unspecified atom stereocenters. The summed E-state index contributed by atoms with van der Waals surface area (Å²) in [4.78, 5) is 9.61. The maximum Gasteiger partial charge on any atom is 0.226 e. The van der Waals surface area contributed by atoms with E-state index in [-0.39, 0.29) is 10.8 Å². The van der Waals surface area contributed by atoms with Gasteiger partial charge in [0.2, 0.25) is 5.89 Å². The molecule has 0 radical (unpaired) electrons. The van der Waals surface area contributed by atoms with Crippen LogP contribution in [0.3, 0.4) is 0 Å². The van der Waals surface area contributed by atoms with E-state index in [1.54, 1.807) is 6.26 Å². The van der Waals surface area contributed by atoms with Gasteiger partial charge in [0.1, 0.15) is 17.8 Å². The molecule has 1 aromatic heterocycles. The van der Waals surface area contributed by atoms with Crippen LogP contribution in [0.25, 0.3) is 11.5 Å². The average molecular weight is 506 g/mol. The lowest BCUT2D eigenvalue weighted by atomic mass is 9.78. The van der Waals surface area contributed by atoms with Gasteiger partial charge in [0, 0.05) is 55.8 Å². The predicted molar refractivity (Wildman–Crippen MR) is 149 cm³/mol. The van der Waals surface area contributed by atoms with Crippen LogP contribution < -0.4 is 4.74 Å². The number of rotatable bonds is 7. The van der Waals surface area contributed by atoms with E-state index in [0.29, 0.717) is 24.7 Å². The first-order valence-electron chi connectivity index (χ1n) is 13.4. The summed E-state index contributed by atoms with van der Waals surface area (Å²) in [5.74, 6) is 1.80. The molecule has 0 atom stereocenters. The molecule has 0 bridgehead atoms. The van der Waals surface area contributed by atoms with Crippen molar-refractivity contribution in [1.29, 1.82) is 0 Å². The van der Waals surface area contributed by atoms with Crippen LogP contribution in [0, 0.1) is 0 Å². The monoisotopic (exact) mass is 505 g/mol. The minimum absolute atomic E-state index is 0.205. The van der Waals surface area contributed by atoms with E-state index in [1.165, 1.54) is 5.56 Å². The van der Waals surface area contributed by atoms with Gasteiger partial charge < -0.3 is 19.2 Å². The molecule has 0 amide bonds. The van der Waals surface area contributed by atoms with Gasteiger partial charge in [-0.05, 0) is 47.7 Å². The molecule has 0 saturated carbocycles. The number of hydrogen-bond acceptors (Lipinski definition) is 6. The molecule has 0 aliphatic carbocycles. The molecule has 200 valence electrons. The van der Waals surface area contributed by atoms with Gasteiger partial charge in [0.05, 0.1) is 12.3 Å². The van der Waals surface area contributed by atoms with Gasteiger partial charge >= 0.3 is 0 Å². The molecular weight excluding hydrogens is 462 g/mol. The van der Waals surface area contributed by atoms with Crippen LogP contribution in [-0.2, 0) is 23.8 Å². The fraction of sp³-hybridized carbons (Fsp3) is 0.516. The summed E-state index contributed by atoms with van der Waals surface area (Å²) in [6, 6.07) is 12.4. The third-order valence-electron chi connectivity index (χ3n) is 7.08. The highest BCUT2D eigenvalue weighted by Gasteiger charge is 2.27. The highest BCUT2D eigenvalue weighted by molar-refractivity contribution is 5.63. The molecule has 6 heteroatoms. The first kappa shape index (κ1) is 27.2. The van der Waals surface area contributed by atoms with E-state index in [9.17, 15) is 5.11 Å². The maximum absolute atomic E-state index is 11.0. The molecule has 3 aromatic rings. The largest absolute Gasteiger partial charge is 0.507 e. The van der Waals surface area contributed by atoms with E-state index >= 15 is 0 Å². The van der Waals surface area contributed by atoms with Gasteiger partial charge in [-0.3, -0.25) is 4.90 Å². The standard InChI is InChI=1S/C31H43N3O3/c1-30(2,3)26-18-23(19-27(28(26)35)31(4,5)6)29-32-24(21-37-29)12-17-36-25-10-8-22(9-11-25)20-34-15-13-33(7)14-16-34/h8-11,18-19,21,35H,12-17,20H2,1-7H3. The van der Waals surface area contributed by atoms with Crippen molar-refractivity contribution in [2.24, 2.45) is 0 Å². The van der Waals surface area contributed by atoms with Crippen LogP contribution in [0.2, 0.25) is 0 Å². The topological polar surface area (TPSA) is 62.0 Å². The summed E-state index contributed by atoms with van der Waals surface area (Å²) in [6.45, 7) is 18.7. The number of oxazole rings is 1. The fourth-order valence-corrected chi connectivity index (χ4v) is 4.68. The number of nitrogens with zero attached hydrogens (tertiary/aromatic N) is 3. The van der Waals surface area contributed by atoms with Crippen molar-refractivity contribution in [2.45, 2.75) is 65.3 Å². The molecule has 6 nitrogen and oxygen atoms in total. The summed E-state index contributed by atoms with van der Waals surface area (Å²) < 4.78 is 11.9. The lowest BCUT2D eigenvalue weighted by Gasteiger charge is -2.32. The predicted octanol–water partition coefficient (Wildman–Crippen LogP) is 6.01. The Morgan fingerprint density at radius 3 is 2.08 bits per heavy atom. The van der Waals surface area contributed by atoms with E-state index in [4.69, 9.17) is 14.1 Å². The van der Waals surface area contributed by atoms with Gasteiger partial charge in [0.15, 0.2) is 0 Å². The second-order valence-corrected chi connectivity index (χ2v) is 12.4. The van der Waals surface area contributed by atoms with Crippen molar-refractivity contribution < 1.29 is 14.3 Å². The summed E-state index contributed by atoms with van der Waals surface area (Å²) in [5, 5.41) is 11.0. The minimum atomic E-state index is -0.205. The molecule has 2 heterocycles. The third kappa shape index (κ3) is 6.93. The van der Waals surface area contributed by atoms with Crippen LogP contribution in [-0.4, -0.2) is 59.7 Å². The summed E-state index contributed by atoms with van der Waals surface area (Å²) >= 11 is 0. The van der Waals surface area contributed by atoms with Crippen LogP contribution in [0.5, 0.6) is 11.5 Å². The first-order valence-corrected chi connectivity index (χ1v) is 13.4. The van der Waals surface area contributed by atoms with Crippen LogP contribution in [0.15, 0.2) is 47.1 Å². The summed E-state index contributed by atoms with van der Waals surface area (Å²) in [6.07, 6.45) is 2.36. The number of piperazine rings is 1. The number of likely N-dealkylation sites (N-methyl/N-ethyl adjacent to an activating group) is 1. The Morgan fingerprint density at radius 1 is 0.919 bits per heavy atom. The van der Waals surface area contributed by atoms with Crippen molar-refractivity contribution in [2.75, 3.05) is 39.8 Å². The third-order valence-corrected chi connectivity index (χ3v) is 7.08. The smallest absolute Gasteiger partial charge is 0.226 e. The normalized spacial score (nSPS) is 15.8. The molecule has 0 spiro atoms. The summed E-state index contributed by atoms with van der Waals surface area (Å²) in [7, 11) is 2.18. The number of phenolic OH excluding ortho intramolecular Hbond substituents is 1. The van der Waals surface area contributed by atoms with E-state index in [0.717, 1.165) is 60.9 Å². The van der Waals surface area contributed by atoms with Crippen LogP contribution >= 0.6 is 0 Å². The Labute approximate surface area is 222 Å². The van der Waals surface area contributed by atoms with Crippen molar-refractivity contribution in [1.82, 2.24) is 14.8 Å². The number of aromatic hydroxyl groups is 1. The Bertz CT molecular complexity index is 1140. The molecule has 1 aliphatic rings. The number of hydrogen-bond donors (Lipinski definition) is 1. The quantitative estimate of drug-likeness (QED) is 0.424. The number of phenols is 1. The van der Waals surface area contributed by atoms with Gasteiger partial charge in [-0.25, -0.2) is 4.98 Å². The lowest BCUT2D eigenvalue weighted by Crippen LogP contribution is -2.43. The van der Waals surface area contributed by atoms with Gasteiger partial charge in [-0.2, -0.15) is 0 Å². The molecule has 1 fully saturated rings. The zero-order chi connectivity index (χ0) is 26.8. The average Bonchev–Trinajstić information content (AvgIpc) is 3.29. The Morgan fingerprint density at radius 2 is 1.51 bits per heavy atom. The molecule has 2 aromatic carbocycles. The van der Waals surface area contributed by atoms with Gasteiger partial charge in [-0.1, -0.05) is 53.7 Å². The maximum atomic E-state index is 11.0. The Balaban J connectivity index is 1.37. The highest BCUT2D eigenvalue weighted by Crippen LogP contribution is 2.41. The second-order valence-electron chi connectivity index (χ2n) is 12.4. The van der Waals surface area contributed by atoms with Crippen LogP contribution in [0.4, 0.5) is 0 Å². The summed E-state index contributed by atoms with van der Waals surface area (Å²) in [5.41, 5.74) is 4.44. The van der Waals surface area contributed by atoms with E-state index < -0.39 is 0 Å². The SMILES string of the molecule is CN1CCN(Cc2ccc(OCCc3coc(-c4cc(C(C)(C)C)c(O)c(C(C)(C)C)c4)n3)cc2)CC1. The van der Waals surface area contributed by atoms with Crippen molar-refractivity contribution in [3.8, 4) is 23.0 Å². The van der Waals surface area contributed by atoms with E-state index in [1.807, 2.05) is 12.1 Å². The zero-order valence-electron chi connectivity index (χ0n) is 23.6. The molecule has 37 heavy (non-hydrogen) atoms. The highest BCUT2D eigenvalue weighted by atomic mass is 16.5. The minimum Gasteiger partial charge on any atom is -0.507 e. The number of aromatic nitrogens is 1. The molecule has 1 saturated heterocycles. The lowest BCUT2D eigenvalue weighted by molar-refractivity contribution is 0.148. The van der Waals surface area contributed by atoms with Crippen molar-refractivity contribution in [3.63, 3.8) is 0 Å². The van der Waals surface area contributed by atoms with Gasteiger partial charge in [-0.15, -0.1) is 0 Å². The van der Waals surface area contributed by atoms with Crippen molar-refractivity contribution >= 4 is 0 Å². The molecule has 1 aliphatic heterocycles. The number of benzene rings is 2.